The van der Waals surface area contributed by atoms with Crippen molar-refractivity contribution < 1.29 is 18.0 Å². The van der Waals surface area contributed by atoms with Crippen molar-refractivity contribution in [2.45, 2.75) is 20.0 Å². The van der Waals surface area contributed by atoms with Gasteiger partial charge in [-0.2, -0.15) is 9.13 Å². The molecule has 4 heteroatoms. The van der Waals surface area contributed by atoms with Gasteiger partial charge in [0.25, 0.3) is 11.0 Å². The van der Waals surface area contributed by atoms with Crippen LogP contribution in [0, 0.1) is 0 Å². The topological polar surface area (TPSA) is 34.0 Å². The Morgan fingerprint density at radius 1 is 0.857 bits per heavy atom. The van der Waals surface area contributed by atoms with Crippen LogP contribution in [0.5, 0.6) is 0 Å². The van der Waals surface area contributed by atoms with Crippen LogP contribution in [-0.4, -0.2) is 0 Å². The number of aryl methyl sites for hydroxylation is 1. The van der Waals surface area contributed by atoms with Crippen molar-refractivity contribution in [1.29, 1.82) is 0 Å². The molecule has 0 aliphatic rings. The Balaban J connectivity index is 1.76. The summed E-state index contributed by atoms with van der Waals surface area (Å²) in [6.07, 6.45) is 3.55. The minimum atomic E-state index is 0.780. The fourth-order valence-electron chi connectivity index (χ4n) is 2.70. The number of hydrogen-bond donors (Lipinski definition) is 0. The van der Waals surface area contributed by atoms with E-state index < -0.39 is 0 Å². The summed E-state index contributed by atoms with van der Waals surface area (Å²) in [7, 11) is 0. The van der Waals surface area contributed by atoms with E-state index in [-0.39, 0.29) is 0 Å². The van der Waals surface area contributed by atoms with Crippen molar-refractivity contribution in [3.8, 4) is 0 Å². The maximum absolute atomic E-state index is 5.58. The van der Waals surface area contributed by atoms with Crippen LogP contribution in [-0.2, 0) is 13.1 Å². The molecule has 0 aliphatic heterocycles. The number of rotatable bonds is 3. The van der Waals surface area contributed by atoms with Gasteiger partial charge in [0.1, 0.15) is 6.54 Å². The van der Waals surface area contributed by atoms with Gasteiger partial charge in [-0.3, -0.25) is 0 Å². The third kappa shape index (κ3) is 2.00. The Bertz CT molecular complexity index is 921. The van der Waals surface area contributed by atoms with E-state index in [0.29, 0.717) is 0 Å². The number of benzene rings is 2. The maximum Gasteiger partial charge on any atom is 0.335 e. The summed E-state index contributed by atoms with van der Waals surface area (Å²) in [5.41, 5.74) is 5.28. The van der Waals surface area contributed by atoms with Crippen molar-refractivity contribution in [2.24, 2.45) is 0 Å². The fourth-order valence-corrected chi connectivity index (χ4v) is 2.70. The largest absolute Gasteiger partial charge is 0.404 e. The highest BCUT2D eigenvalue weighted by Crippen LogP contribution is 2.14. The van der Waals surface area contributed by atoms with E-state index in [1.165, 1.54) is 5.56 Å². The van der Waals surface area contributed by atoms with Crippen molar-refractivity contribution in [1.82, 2.24) is 0 Å². The molecule has 0 atom stereocenters. The molecule has 2 aromatic heterocycles. The first-order valence-electron chi connectivity index (χ1n) is 7.10. The summed E-state index contributed by atoms with van der Waals surface area (Å²) < 4.78 is 15.3. The monoisotopic (exact) mass is 280 g/mol. The quantitative estimate of drug-likeness (QED) is 0.541. The molecule has 0 fully saturated rings. The molecule has 0 radical (unpaired) electrons. The second-order valence-electron chi connectivity index (χ2n) is 5.13. The summed E-state index contributed by atoms with van der Waals surface area (Å²) in [4.78, 5) is 0. The molecule has 2 aromatic carbocycles. The zero-order chi connectivity index (χ0) is 14.2. The Morgan fingerprint density at radius 2 is 1.62 bits per heavy atom. The number of fused-ring (bicyclic) bond motifs is 2. The van der Waals surface area contributed by atoms with Crippen LogP contribution in [0.4, 0.5) is 0 Å². The van der Waals surface area contributed by atoms with Crippen LogP contribution in [0.2, 0.25) is 0 Å². The maximum atomic E-state index is 5.58. The van der Waals surface area contributed by atoms with Crippen LogP contribution in [0.25, 0.3) is 22.2 Å². The highest BCUT2D eigenvalue weighted by molar-refractivity contribution is 5.70. The van der Waals surface area contributed by atoms with Gasteiger partial charge in [0.2, 0.25) is 11.2 Å². The van der Waals surface area contributed by atoms with Gasteiger partial charge in [0, 0.05) is 17.7 Å². The Kier molecular flexibility index (Phi) is 2.74. The molecular formula is C17H16N2O2+2. The molecule has 0 spiro atoms. The number of aromatic nitrogens is 2. The van der Waals surface area contributed by atoms with Crippen LogP contribution in [0.3, 0.4) is 0 Å². The van der Waals surface area contributed by atoms with E-state index in [4.69, 9.17) is 8.83 Å². The lowest BCUT2D eigenvalue weighted by atomic mass is 10.2. The summed E-state index contributed by atoms with van der Waals surface area (Å²) in [6, 6.07) is 14.4. The fraction of sp³-hybridized carbons (Fsp3) is 0.176. The van der Waals surface area contributed by atoms with Crippen LogP contribution in [0.15, 0.2) is 64.1 Å². The lowest BCUT2D eigenvalue weighted by molar-refractivity contribution is -0.673. The summed E-state index contributed by atoms with van der Waals surface area (Å²) in [5, 5.41) is 0. The normalized spacial score (nSPS) is 11.5. The molecule has 2 heterocycles. The molecule has 0 unspecified atom stereocenters. The van der Waals surface area contributed by atoms with Crippen LogP contribution in [0.1, 0.15) is 12.5 Å². The minimum Gasteiger partial charge on any atom is -0.404 e. The van der Waals surface area contributed by atoms with Crippen LogP contribution >= 0.6 is 0 Å². The van der Waals surface area contributed by atoms with Crippen LogP contribution < -0.4 is 9.13 Å². The molecular weight excluding hydrogens is 264 g/mol. The summed E-state index contributed by atoms with van der Waals surface area (Å²) in [6.45, 7) is 3.79. The van der Waals surface area contributed by atoms with Crippen molar-refractivity contribution in [3.63, 3.8) is 0 Å². The molecule has 0 saturated heterocycles. The SMILES string of the molecule is CC[n+]1coc2ccc(C[n+]3coc4ccccc43)cc21. The van der Waals surface area contributed by atoms with Gasteiger partial charge >= 0.3 is 12.8 Å². The van der Waals surface area contributed by atoms with E-state index in [9.17, 15) is 0 Å². The van der Waals surface area contributed by atoms with Crippen molar-refractivity contribution in [2.75, 3.05) is 0 Å². The molecule has 0 N–H and O–H groups in total. The van der Waals surface area contributed by atoms with E-state index in [1.54, 1.807) is 12.8 Å². The first-order chi connectivity index (χ1) is 10.3. The smallest absolute Gasteiger partial charge is 0.335 e. The molecule has 104 valence electrons. The average molecular weight is 280 g/mol. The van der Waals surface area contributed by atoms with Gasteiger partial charge in [-0.1, -0.05) is 12.1 Å². The highest BCUT2D eigenvalue weighted by atomic mass is 16.3. The predicted molar refractivity (Wildman–Crippen MR) is 77.6 cm³/mol. The predicted octanol–water partition coefficient (Wildman–Crippen LogP) is 2.82. The zero-order valence-corrected chi connectivity index (χ0v) is 11.8. The van der Waals surface area contributed by atoms with E-state index >= 15 is 0 Å². The minimum absolute atomic E-state index is 0.780. The van der Waals surface area contributed by atoms with Crippen molar-refractivity contribution >= 4 is 22.2 Å². The number of para-hydroxylation sites is 2. The average Bonchev–Trinajstić information content (AvgIpc) is 3.11. The third-order valence-corrected chi connectivity index (χ3v) is 3.81. The second kappa shape index (κ2) is 4.74. The Morgan fingerprint density at radius 3 is 2.48 bits per heavy atom. The third-order valence-electron chi connectivity index (χ3n) is 3.81. The highest BCUT2D eigenvalue weighted by Gasteiger charge is 2.16. The number of hydrogen-bond acceptors (Lipinski definition) is 2. The Hall–Kier alpha value is -2.62. The van der Waals surface area contributed by atoms with E-state index in [1.807, 2.05) is 24.3 Å². The number of nitrogens with zero attached hydrogens (tertiary/aromatic N) is 2. The van der Waals surface area contributed by atoms with Gasteiger partial charge in [0.05, 0.1) is 0 Å². The van der Waals surface area contributed by atoms with Gasteiger partial charge < -0.3 is 8.83 Å². The number of oxazole rings is 2. The molecule has 0 amide bonds. The molecule has 0 bridgehead atoms. The standard InChI is InChI=1S/C17H16N2O2/c1-2-18-11-20-17-8-7-13(9-15(17)18)10-19-12-21-16-6-4-3-5-14(16)19/h3-9,11-12H,2,10H2,1H3/q+2. The molecule has 4 aromatic rings. The van der Waals surface area contributed by atoms with Gasteiger partial charge in [-0.25, -0.2) is 0 Å². The molecule has 4 nitrogen and oxygen atoms in total. The van der Waals surface area contributed by atoms with Gasteiger partial charge in [-0.15, -0.1) is 0 Å². The first kappa shape index (κ1) is 12.1. The van der Waals surface area contributed by atoms with Gasteiger partial charge in [-0.05, 0) is 25.1 Å². The lowest BCUT2D eigenvalue weighted by Crippen LogP contribution is -2.33. The summed E-state index contributed by atoms with van der Waals surface area (Å²) >= 11 is 0. The van der Waals surface area contributed by atoms with E-state index in [2.05, 4.69) is 34.3 Å². The van der Waals surface area contributed by atoms with E-state index in [0.717, 1.165) is 35.3 Å². The second-order valence-corrected chi connectivity index (χ2v) is 5.13. The summed E-state index contributed by atoms with van der Waals surface area (Å²) in [5.74, 6) is 0. The molecule has 21 heavy (non-hydrogen) atoms. The molecule has 4 rings (SSSR count). The zero-order valence-electron chi connectivity index (χ0n) is 11.8. The molecule has 0 saturated carbocycles. The van der Waals surface area contributed by atoms with Crippen molar-refractivity contribution in [3.05, 3.63) is 60.8 Å². The molecule has 0 aliphatic carbocycles. The Labute approximate surface area is 121 Å². The van der Waals surface area contributed by atoms with Gasteiger partial charge in [0.15, 0.2) is 6.54 Å². The lowest BCUT2D eigenvalue weighted by Gasteiger charge is -1.95. The first-order valence-corrected chi connectivity index (χ1v) is 7.10.